The number of hydrogen-bond donors (Lipinski definition) is 0. The van der Waals surface area contributed by atoms with E-state index in [0.717, 1.165) is 17.7 Å². The van der Waals surface area contributed by atoms with Gasteiger partial charge in [0.25, 0.3) is 5.91 Å². The van der Waals surface area contributed by atoms with Gasteiger partial charge >= 0.3 is 0 Å². The molecule has 1 aromatic heterocycles. The molecule has 0 aliphatic heterocycles. The Morgan fingerprint density at radius 2 is 2.12 bits per heavy atom. The molecule has 2 atom stereocenters. The molecule has 1 saturated carbocycles. The number of ether oxygens (including phenoxy) is 1. The molecule has 2 aromatic rings. The number of carbonyl (C=O) groups excluding carboxylic acids is 1. The van der Waals surface area contributed by atoms with Crippen LogP contribution < -0.4 is 4.90 Å². The predicted molar refractivity (Wildman–Crippen MR) is 107 cm³/mol. The number of nitrogens with zero attached hydrogens (tertiary/aromatic N) is 2. The average molecular weight is 371 g/mol. The Morgan fingerprint density at radius 1 is 1.35 bits per heavy atom. The van der Waals surface area contributed by atoms with Crippen LogP contribution in [0.15, 0.2) is 48.4 Å². The van der Waals surface area contributed by atoms with E-state index in [9.17, 15) is 4.79 Å². The van der Waals surface area contributed by atoms with Crippen LogP contribution in [-0.2, 0) is 9.53 Å². The van der Waals surface area contributed by atoms with Gasteiger partial charge in [-0.2, -0.15) is 0 Å². The number of hydrogen-bond acceptors (Lipinski definition) is 4. The van der Waals surface area contributed by atoms with E-state index in [1.165, 1.54) is 30.6 Å². The van der Waals surface area contributed by atoms with Gasteiger partial charge in [0.15, 0.2) is 5.13 Å². The maximum absolute atomic E-state index is 12.7. The highest BCUT2D eigenvalue weighted by atomic mass is 32.1. The highest BCUT2D eigenvalue weighted by molar-refractivity contribution is 7.14. The maximum Gasteiger partial charge on any atom is 0.255 e. The smallest absolute Gasteiger partial charge is 0.255 e. The fourth-order valence-corrected chi connectivity index (χ4v) is 4.19. The standard InChI is InChI=1S/C21H26N2O2S/c1-3-13-23(20(24)14-25-19-12-8-7-9-16(19)2)21-22-18(15-26-21)17-10-5-4-6-11-17/h3-6,10-11,15-16,19H,1,7-9,12-14H2,2H3. The monoisotopic (exact) mass is 370 g/mol. The number of rotatable bonds is 7. The number of aromatic nitrogens is 1. The maximum atomic E-state index is 12.7. The van der Waals surface area contributed by atoms with Crippen molar-refractivity contribution in [2.24, 2.45) is 5.92 Å². The van der Waals surface area contributed by atoms with Crippen molar-refractivity contribution in [2.75, 3.05) is 18.1 Å². The predicted octanol–water partition coefficient (Wildman–Crippen LogP) is 4.92. The minimum Gasteiger partial charge on any atom is -0.368 e. The highest BCUT2D eigenvalue weighted by Crippen LogP contribution is 2.29. The summed E-state index contributed by atoms with van der Waals surface area (Å²) in [6.45, 7) is 6.52. The van der Waals surface area contributed by atoms with Crippen molar-refractivity contribution in [1.82, 2.24) is 4.98 Å². The summed E-state index contributed by atoms with van der Waals surface area (Å²) in [4.78, 5) is 19.1. The molecule has 0 N–H and O–H groups in total. The summed E-state index contributed by atoms with van der Waals surface area (Å²) in [5.41, 5.74) is 1.93. The molecule has 4 nitrogen and oxygen atoms in total. The van der Waals surface area contributed by atoms with Gasteiger partial charge in [-0.25, -0.2) is 4.98 Å². The average Bonchev–Trinajstić information content (AvgIpc) is 3.16. The second-order valence-electron chi connectivity index (χ2n) is 6.79. The Morgan fingerprint density at radius 3 is 2.85 bits per heavy atom. The Bertz CT molecular complexity index is 729. The number of amides is 1. The molecule has 0 saturated heterocycles. The quantitative estimate of drug-likeness (QED) is 0.649. The normalized spacial score (nSPS) is 19.9. The van der Waals surface area contributed by atoms with E-state index in [1.807, 2.05) is 35.7 Å². The molecule has 1 amide bonds. The van der Waals surface area contributed by atoms with Gasteiger partial charge in [0, 0.05) is 17.5 Å². The van der Waals surface area contributed by atoms with Gasteiger partial charge in [-0.1, -0.05) is 56.2 Å². The molecule has 5 heteroatoms. The lowest BCUT2D eigenvalue weighted by Gasteiger charge is -2.29. The molecular formula is C21H26N2O2S. The van der Waals surface area contributed by atoms with Crippen LogP contribution in [0.25, 0.3) is 11.3 Å². The van der Waals surface area contributed by atoms with E-state index in [2.05, 4.69) is 18.5 Å². The van der Waals surface area contributed by atoms with Crippen molar-refractivity contribution in [2.45, 2.75) is 38.7 Å². The van der Waals surface area contributed by atoms with E-state index in [1.54, 1.807) is 11.0 Å². The molecule has 3 rings (SSSR count). The van der Waals surface area contributed by atoms with Gasteiger partial charge in [0.2, 0.25) is 0 Å². The van der Waals surface area contributed by atoms with Gasteiger partial charge in [0.1, 0.15) is 6.61 Å². The fraction of sp³-hybridized carbons (Fsp3) is 0.429. The molecule has 138 valence electrons. The van der Waals surface area contributed by atoms with Gasteiger partial charge in [-0.15, -0.1) is 17.9 Å². The van der Waals surface area contributed by atoms with Gasteiger partial charge in [-0.3, -0.25) is 9.69 Å². The molecule has 1 heterocycles. The second-order valence-corrected chi connectivity index (χ2v) is 7.62. The van der Waals surface area contributed by atoms with Crippen LogP contribution >= 0.6 is 11.3 Å². The Labute approximate surface area is 159 Å². The van der Waals surface area contributed by atoms with E-state index >= 15 is 0 Å². The molecule has 0 bridgehead atoms. The van der Waals surface area contributed by atoms with Crippen molar-refractivity contribution in [3.05, 3.63) is 48.4 Å². The molecule has 1 aliphatic rings. The zero-order valence-corrected chi connectivity index (χ0v) is 16.1. The third-order valence-corrected chi connectivity index (χ3v) is 5.72. The van der Waals surface area contributed by atoms with E-state index < -0.39 is 0 Å². The molecule has 0 spiro atoms. The molecular weight excluding hydrogens is 344 g/mol. The molecule has 26 heavy (non-hydrogen) atoms. The number of thiazole rings is 1. The van der Waals surface area contributed by atoms with Crippen molar-refractivity contribution >= 4 is 22.4 Å². The Kier molecular flexibility index (Phi) is 6.58. The first-order valence-corrected chi connectivity index (χ1v) is 10.1. The Hall–Kier alpha value is -1.98. The summed E-state index contributed by atoms with van der Waals surface area (Å²) in [7, 11) is 0. The van der Waals surface area contributed by atoms with Crippen molar-refractivity contribution in [3.8, 4) is 11.3 Å². The van der Waals surface area contributed by atoms with E-state index in [0.29, 0.717) is 17.6 Å². The molecule has 0 radical (unpaired) electrons. The fourth-order valence-electron chi connectivity index (χ4n) is 3.33. The summed E-state index contributed by atoms with van der Waals surface area (Å²) in [6.07, 6.45) is 6.60. The first-order chi connectivity index (χ1) is 12.7. The second kappa shape index (κ2) is 9.10. The number of anilines is 1. The summed E-state index contributed by atoms with van der Waals surface area (Å²) < 4.78 is 5.95. The van der Waals surface area contributed by atoms with Crippen LogP contribution in [0, 0.1) is 5.92 Å². The minimum atomic E-state index is -0.0587. The Balaban J connectivity index is 1.67. The summed E-state index contributed by atoms with van der Waals surface area (Å²) in [6, 6.07) is 9.99. The first kappa shape index (κ1) is 18.8. The lowest BCUT2D eigenvalue weighted by atomic mass is 9.88. The minimum absolute atomic E-state index is 0.0587. The van der Waals surface area contributed by atoms with Crippen LogP contribution in [0.1, 0.15) is 32.6 Å². The molecule has 2 unspecified atom stereocenters. The molecule has 1 fully saturated rings. The highest BCUT2D eigenvalue weighted by Gasteiger charge is 2.25. The lowest BCUT2D eigenvalue weighted by molar-refractivity contribution is -0.126. The van der Waals surface area contributed by atoms with Crippen LogP contribution in [0.4, 0.5) is 5.13 Å². The molecule has 1 aliphatic carbocycles. The van der Waals surface area contributed by atoms with E-state index in [4.69, 9.17) is 4.74 Å². The largest absolute Gasteiger partial charge is 0.368 e. The third-order valence-electron chi connectivity index (χ3n) is 4.86. The van der Waals surface area contributed by atoms with Gasteiger partial charge in [-0.05, 0) is 18.8 Å². The van der Waals surface area contributed by atoms with E-state index in [-0.39, 0.29) is 18.6 Å². The topological polar surface area (TPSA) is 42.4 Å². The van der Waals surface area contributed by atoms with Crippen LogP contribution in [0.5, 0.6) is 0 Å². The summed E-state index contributed by atoms with van der Waals surface area (Å²) in [5, 5.41) is 2.67. The number of benzene rings is 1. The van der Waals surface area contributed by atoms with Crippen molar-refractivity contribution < 1.29 is 9.53 Å². The van der Waals surface area contributed by atoms with Gasteiger partial charge < -0.3 is 4.74 Å². The zero-order valence-electron chi connectivity index (χ0n) is 15.3. The lowest BCUT2D eigenvalue weighted by Crippen LogP contribution is -2.37. The molecule has 1 aromatic carbocycles. The zero-order chi connectivity index (χ0) is 18.4. The van der Waals surface area contributed by atoms with Crippen molar-refractivity contribution in [3.63, 3.8) is 0 Å². The van der Waals surface area contributed by atoms with Crippen LogP contribution in [-0.4, -0.2) is 30.1 Å². The SMILES string of the molecule is C=CCN(C(=O)COC1CCCCC1C)c1nc(-c2ccccc2)cs1. The van der Waals surface area contributed by atoms with Crippen molar-refractivity contribution in [1.29, 1.82) is 0 Å². The summed E-state index contributed by atoms with van der Waals surface area (Å²) >= 11 is 1.47. The number of carbonyl (C=O) groups is 1. The third kappa shape index (κ3) is 4.59. The first-order valence-electron chi connectivity index (χ1n) is 9.23. The van der Waals surface area contributed by atoms with Crippen LogP contribution in [0.3, 0.4) is 0 Å². The van der Waals surface area contributed by atoms with Gasteiger partial charge in [0.05, 0.1) is 11.8 Å². The summed E-state index contributed by atoms with van der Waals surface area (Å²) in [5.74, 6) is 0.464. The van der Waals surface area contributed by atoms with Crippen LogP contribution in [0.2, 0.25) is 0 Å².